The Hall–Kier alpha value is -5.36. The molecule has 8 rings (SSSR count). The van der Waals surface area contributed by atoms with Crippen molar-refractivity contribution in [3.63, 3.8) is 0 Å². The minimum Gasteiger partial charge on any atom is -0.349 e. The first-order valence-corrected chi connectivity index (χ1v) is 14.6. The molecule has 0 aliphatic carbocycles. The topological polar surface area (TPSA) is 58.0 Å². The Balaban J connectivity index is 1.14. The fraction of sp³-hybridized carbons (Fsp3) is 0.135. The van der Waals surface area contributed by atoms with Gasteiger partial charge >= 0.3 is 0 Å². The average Bonchev–Trinajstić information content (AvgIpc) is 3.05. The van der Waals surface area contributed by atoms with Crippen LogP contribution in [0.25, 0.3) is 45.0 Å². The van der Waals surface area contributed by atoms with E-state index in [1.807, 2.05) is 61.2 Å². The van der Waals surface area contributed by atoms with Gasteiger partial charge in [0.2, 0.25) is 0 Å². The summed E-state index contributed by atoms with van der Waals surface area (Å²) in [6.45, 7) is 7.15. The van der Waals surface area contributed by atoms with Gasteiger partial charge < -0.3 is 9.80 Å². The molecule has 2 aromatic carbocycles. The molecule has 0 spiro atoms. The van der Waals surface area contributed by atoms with E-state index in [0.29, 0.717) is 0 Å². The summed E-state index contributed by atoms with van der Waals surface area (Å²) in [5, 5.41) is 0. The van der Waals surface area contributed by atoms with Crippen molar-refractivity contribution in [3.8, 4) is 45.0 Å². The molecule has 6 nitrogen and oxygen atoms in total. The predicted molar refractivity (Wildman–Crippen MR) is 173 cm³/mol. The summed E-state index contributed by atoms with van der Waals surface area (Å²) < 4.78 is 0. The summed E-state index contributed by atoms with van der Waals surface area (Å²) >= 11 is 0. The molecule has 0 saturated heterocycles. The first kappa shape index (κ1) is 25.4. The van der Waals surface area contributed by atoms with Gasteiger partial charge in [-0.25, -0.2) is 0 Å². The monoisotopic (exact) mass is 558 g/mol. The molecule has 2 aliphatic heterocycles. The Kier molecular flexibility index (Phi) is 6.00. The van der Waals surface area contributed by atoms with Crippen LogP contribution in [0, 0.1) is 13.8 Å². The van der Waals surface area contributed by atoms with Crippen molar-refractivity contribution in [2.75, 3.05) is 16.5 Å². The van der Waals surface area contributed by atoms with Crippen LogP contribution in [0.4, 0.5) is 11.4 Å². The Morgan fingerprint density at radius 3 is 1.37 bits per heavy atom. The van der Waals surface area contributed by atoms with Gasteiger partial charge in [-0.05, 0) is 131 Å². The minimum absolute atomic E-state index is 0.880. The molecule has 6 heterocycles. The maximum atomic E-state index is 4.59. The van der Waals surface area contributed by atoms with E-state index in [0.717, 1.165) is 53.7 Å². The molecule has 0 unspecified atom stereocenters. The van der Waals surface area contributed by atoms with E-state index >= 15 is 0 Å². The molecule has 6 heteroatoms. The molecule has 2 bridgehead atoms. The van der Waals surface area contributed by atoms with Crippen molar-refractivity contribution in [1.29, 1.82) is 0 Å². The number of nitrogens with zero attached hydrogens (tertiary/aromatic N) is 6. The molecular formula is C37H30N6. The summed E-state index contributed by atoms with van der Waals surface area (Å²) in [5.41, 5.74) is 16.3. The van der Waals surface area contributed by atoms with Crippen molar-refractivity contribution in [3.05, 3.63) is 132 Å². The maximum Gasteiger partial charge on any atom is 0.0910 e. The highest BCUT2D eigenvalue weighted by molar-refractivity contribution is 5.80. The van der Waals surface area contributed by atoms with E-state index in [2.05, 4.69) is 92.1 Å². The van der Waals surface area contributed by atoms with Crippen LogP contribution in [0.2, 0.25) is 0 Å². The van der Waals surface area contributed by atoms with Crippen LogP contribution in [-0.2, 0) is 13.1 Å². The highest BCUT2D eigenvalue weighted by Crippen LogP contribution is 2.44. The lowest BCUT2D eigenvalue weighted by Gasteiger charge is -2.46. The van der Waals surface area contributed by atoms with E-state index in [1.54, 1.807) is 0 Å². The molecule has 208 valence electrons. The Morgan fingerprint density at radius 2 is 0.930 bits per heavy atom. The van der Waals surface area contributed by atoms with E-state index in [1.165, 1.54) is 44.8 Å². The smallest absolute Gasteiger partial charge is 0.0910 e. The molecule has 0 radical (unpaired) electrons. The van der Waals surface area contributed by atoms with Gasteiger partial charge in [0.15, 0.2) is 0 Å². The lowest BCUT2D eigenvalue weighted by Crippen LogP contribution is -2.46. The molecule has 2 aliphatic rings. The Morgan fingerprint density at radius 1 is 0.465 bits per heavy atom. The van der Waals surface area contributed by atoms with Gasteiger partial charge in [-0.3, -0.25) is 19.9 Å². The van der Waals surface area contributed by atoms with Gasteiger partial charge in [-0.15, -0.1) is 0 Å². The summed E-state index contributed by atoms with van der Waals surface area (Å²) in [5.74, 6) is 0. The zero-order valence-electron chi connectivity index (χ0n) is 24.2. The predicted octanol–water partition coefficient (Wildman–Crippen LogP) is 7.85. The maximum absolute atomic E-state index is 4.59. The van der Waals surface area contributed by atoms with Crippen molar-refractivity contribution in [2.45, 2.75) is 26.9 Å². The largest absolute Gasteiger partial charge is 0.349 e. The van der Waals surface area contributed by atoms with E-state index in [4.69, 9.17) is 0 Å². The van der Waals surface area contributed by atoms with Gasteiger partial charge in [-0.2, -0.15) is 0 Å². The average molecular weight is 559 g/mol. The summed E-state index contributed by atoms with van der Waals surface area (Å²) in [6.07, 6.45) is 7.39. The number of benzene rings is 2. The van der Waals surface area contributed by atoms with Crippen molar-refractivity contribution in [2.24, 2.45) is 0 Å². The van der Waals surface area contributed by atoms with Crippen LogP contribution in [0.3, 0.4) is 0 Å². The lowest BCUT2D eigenvalue weighted by atomic mass is 9.91. The van der Waals surface area contributed by atoms with Crippen LogP contribution in [-0.4, -0.2) is 26.6 Å². The molecule has 43 heavy (non-hydrogen) atoms. The van der Waals surface area contributed by atoms with Crippen molar-refractivity contribution in [1.82, 2.24) is 19.9 Å². The van der Waals surface area contributed by atoms with Crippen molar-refractivity contribution < 1.29 is 0 Å². The van der Waals surface area contributed by atoms with Gasteiger partial charge in [0.1, 0.15) is 0 Å². The number of rotatable bonds is 4. The normalized spacial score (nSPS) is 13.4. The zero-order valence-corrected chi connectivity index (χ0v) is 24.2. The third-order valence-electron chi connectivity index (χ3n) is 8.50. The van der Waals surface area contributed by atoms with E-state index < -0.39 is 0 Å². The fourth-order valence-corrected chi connectivity index (χ4v) is 6.73. The number of hydrogen-bond acceptors (Lipinski definition) is 6. The molecule has 0 amide bonds. The third kappa shape index (κ3) is 4.52. The number of aryl methyl sites for hydroxylation is 2. The number of fused-ring (bicyclic) bond motifs is 6. The van der Waals surface area contributed by atoms with Gasteiger partial charge in [0.25, 0.3) is 0 Å². The lowest BCUT2D eigenvalue weighted by molar-refractivity contribution is 0.647. The second kappa shape index (κ2) is 10.2. The van der Waals surface area contributed by atoms with Crippen molar-refractivity contribution >= 4 is 11.4 Å². The molecular weight excluding hydrogens is 528 g/mol. The molecule has 0 N–H and O–H groups in total. The first-order chi connectivity index (χ1) is 21.1. The summed E-state index contributed by atoms with van der Waals surface area (Å²) in [6, 6.07) is 29.7. The summed E-state index contributed by atoms with van der Waals surface area (Å²) in [4.78, 5) is 23.2. The standard InChI is InChI=1S/C37H30N6/c1-24-15-28(26-9-13-40-34(19-26)32-7-3-5-11-38-32)17-30-21-43-23-42(36(24)30)22-31-18-29(16-25(2)37(31)43)27-10-14-41-35(20-27)33-8-4-6-12-39-33/h3-20H,21-23H2,1-2H3. The minimum atomic E-state index is 0.880. The van der Waals surface area contributed by atoms with Gasteiger partial charge in [0.05, 0.1) is 29.4 Å². The van der Waals surface area contributed by atoms with Crippen LogP contribution >= 0.6 is 0 Å². The highest BCUT2D eigenvalue weighted by atomic mass is 15.4. The van der Waals surface area contributed by atoms with Crippen LogP contribution in [0.15, 0.2) is 110 Å². The molecule has 0 atom stereocenters. The molecule has 0 saturated carbocycles. The van der Waals surface area contributed by atoms with Crippen LogP contribution < -0.4 is 9.80 Å². The van der Waals surface area contributed by atoms with Gasteiger partial charge in [-0.1, -0.05) is 12.1 Å². The second-order valence-corrected chi connectivity index (χ2v) is 11.4. The van der Waals surface area contributed by atoms with Crippen LogP contribution in [0.1, 0.15) is 22.3 Å². The third-order valence-corrected chi connectivity index (χ3v) is 8.50. The van der Waals surface area contributed by atoms with Gasteiger partial charge in [0, 0.05) is 49.3 Å². The second-order valence-electron chi connectivity index (χ2n) is 11.4. The number of aromatic nitrogens is 4. The SMILES string of the molecule is Cc1cc(-c2ccnc(-c3ccccn3)c2)cc2c1N1Cc3cc(-c4ccnc(-c5ccccn5)c4)cc(C)c3N(C2)C1. The molecule has 4 aromatic heterocycles. The Labute approximate surface area is 251 Å². The summed E-state index contributed by atoms with van der Waals surface area (Å²) in [7, 11) is 0. The quantitative estimate of drug-likeness (QED) is 0.220. The first-order valence-electron chi connectivity index (χ1n) is 14.6. The number of hydrogen-bond donors (Lipinski definition) is 0. The van der Waals surface area contributed by atoms with E-state index in [9.17, 15) is 0 Å². The Bertz CT molecular complexity index is 1840. The van der Waals surface area contributed by atoms with E-state index in [-0.39, 0.29) is 0 Å². The zero-order chi connectivity index (χ0) is 28.9. The molecule has 6 aromatic rings. The highest BCUT2D eigenvalue weighted by Gasteiger charge is 2.32. The molecule has 0 fully saturated rings. The number of pyridine rings is 4. The number of anilines is 2. The van der Waals surface area contributed by atoms with Crippen LogP contribution in [0.5, 0.6) is 0 Å². The fourth-order valence-electron chi connectivity index (χ4n) is 6.73.